The molecule has 0 atom stereocenters. The highest BCUT2D eigenvalue weighted by Gasteiger charge is 2.14. The zero-order valence-corrected chi connectivity index (χ0v) is 14.5. The number of hydrogen-bond donors (Lipinski definition) is 0. The average Bonchev–Trinajstić information content (AvgIpc) is 3.06. The van der Waals surface area contributed by atoms with Crippen LogP contribution in [0, 0.1) is 19.7 Å². The van der Waals surface area contributed by atoms with E-state index in [4.69, 9.17) is 0 Å². The third-order valence-corrected chi connectivity index (χ3v) is 4.66. The van der Waals surface area contributed by atoms with Crippen molar-refractivity contribution in [3.05, 3.63) is 87.9 Å². The molecule has 0 spiro atoms. The molecule has 2 heterocycles. The van der Waals surface area contributed by atoms with E-state index < -0.39 is 0 Å². The van der Waals surface area contributed by atoms with Gasteiger partial charge < -0.3 is 0 Å². The first kappa shape index (κ1) is 16.2. The number of nitrogens with zero attached hydrogens (tertiary/aromatic N) is 4. The van der Waals surface area contributed by atoms with Crippen LogP contribution in [0.25, 0.3) is 16.7 Å². The van der Waals surface area contributed by atoms with E-state index in [0.29, 0.717) is 16.6 Å². The Morgan fingerprint density at radius 1 is 1.08 bits per heavy atom. The summed E-state index contributed by atoms with van der Waals surface area (Å²) in [7, 11) is 0. The van der Waals surface area contributed by atoms with E-state index in [2.05, 4.69) is 10.1 Å². The van der Waals surface area contributed by atoms with Gasteiger partial charge >= 0.3 is 0 Å². The molecule has 0 unspecified atom stereocenters. The van der Waals surface area contributed by atoms with Crippen molar-refractivity contribution in [3.63, 3.8) is 0 Å². The predicted molar refractivity (Wildman–Crippen MR) is 98.1 cm³/mol. The van der Waals surface area contributed by atoms with E-state index in [-0.39, 0.29) is 17.9 Å². The Morgan fingerprint density at radius 3 is 2.69 bits per heavy atom. The quantitative estimate of drug-likeness (QED) is 0.570. The number of rotatable bonds is 3. The van der Waals surface area contributed by atoms with Gasteiger partial charge in [-0.25, -0.2) is 14.1 Å². The minimum Gasteiger partial charge on any atom is -0.294 e. The minimum atomic E-state index is -0.342. The topological polar surface area (TPSA) is 52.7 Å². The first-order chi connectivity index (χ1) is 12.6. The van der Waals surface area contributed by atoms with E-state index >= 15 is 0 Å². The fourth-order valence-corrected chi connectivity index (χ4v) is 3.01. The van der Waals surface area contributed by atoms with Crippen molar-refractivity contribution in [1.29, 1.82) is 0 Å². The molecule has 4 aromatic rings. The van der Waals surface area contributed by atoms with Gasteiger partial charge in [0.1, 0.15) is 17.5 Å². The number of hydrogen-bond acceptors (Lipinski definition) is 3. The lowest BCUT2D eigenvalue weighted by atomic mass is 10.1. The van der Waals surface area contributed by atoms with E-state index in [0.717, 1.165) is 16.8 Å². The number of aromatic nitrogens is 4. The Bertz CT molecular complexity index is 1180. The van der Waals surface area contributed by atoms with Gasteiger partial charge in [0.2, 0.25) is 0 Å². The molecule has 0 fully saturated rings. The molecule has 4 rings (SSSR count). The van der Waals surface area contributed by atoms with Crippen LogP contribution in [0.3, 0.4) is 0 Å². The van der Waals surface area contributed by atoms with Gasteiger partial charge in [0.25, 0.3) is 5.56 Å². The molecule has 0 aliphatic heterocycles. The van der Waals surface area contributed by atoms with Crippen LogP contribution in [-0.2, 0) is 6.54 Å². The van der Waals surface area contributed by atoms with Gasteiger partial charge in [-0.2, -0.15) is 5.10 Å². The van der Waals surface area contributed by atoms with Gasteiger partial charge in [-0.3, -0.25) is 9.36 Å². The number of fused-ring (bicyclic) bond motifs is 1. The molecule has 2 aromatic carbocycles. The summed E-state index contributed by atoms with van der Waals surface area (Å²) in [6.07, 6.45) is 2.96. The number of aryl methyl sites for hydroxylation is 1. The molecule has 0 bridgehead atoms. The van der Waals surface area contributed by atoms with Crippen molar-refractivity contribution in [2.24, 2.45) is 0 Å². The van der Waals surface area contributed by atoms with Gasteiger partial charge in [-0.1, -0.05) is 30.3 Å². The molecular formula is C20H17FN4O. The van der Waals surface area contributed by atoms with Gasteiger partial charge in [0.15, 0.2) is 5.65 Å². The van der Waals surface area contributed by atoms with Crippen LogP contribution >= 0.6 is 0 Å². The largest absolute Gasteiger partial charge is 0.294 e. The van der Waals surface area contributed by atoms with Gasteiger partial charge in [0.05, 0.1) is 18.4 Å². The van der Waals surface area contributed by atoms with Crippen LogP contribution in [0.4, 0.5) is 4.39 Å². The van der Waals surface area contributed by atoms with Crippen LogP contribution < -0.4 is 5.56 Å². The van der Waals surface area contributed by atoms with Crippen molar-refractivity contribution in [2.45, 2.75) is 20.4 Å². The second-order valence-electron chi connectivity index (χ2n) is 6.28. The third kappa shape index (κ3) is 2.60. The summed E-state index contributed by atoms with van der Waals surface area (Å²) in [6, 6.07) is 12.3. The molecule has 130 valence electrons. The van der Waals surface area contributed by atoms with Gasteiger partial charge in [-0.05, 0) is 37.1 Å². The highest BCUT2D eigenvalue weighted by atomic mass is 19.1. The Morgan fingerprint density at radius 2 is 1.88 bits per heavy atom. The SMILES string of the molecule is Cc1cccc(-n2ncc3c(=O)n(Cc4ccccc4F)cnc32)c1C. The highest BCUT2D eigenvalue weighted by molar-refractivity contribution is 5.75. The van der Waals surface area contributed by atoms with Crippen molar-refractivity contribution >= 4 is 11.0 Å². The lowest BCUT2D eigenvalue weighted by molar-refractivity contribution is 0.595. The van der Waals surface area contributed by atoms with E-state index in [1.54, 1.807) is 22.9 Å². The fraction of sp³-hybridized carbons (Fsp3) is 0.150. The molecule has 0 radical (unpaired) electrons. The summed E-state index contributed by atoms with van der Waals surface area (Å²) in [6.45, 7) is 4.17. The van der Waals surface area contributed by atoms with Gasteiger partial charge in [-0.15, -0.1) is 0 Å². The fourth-order valence-electron chi connectivity index (χ4n) is 3.01. The first-order valence-corrected chi connectivity index (χ1v) is 8.29. The molecule has 5 nitrogen and oxygen atoms in total. The van der Waals surface area contributed by atoms with E-state index in [1.165, 1.54) is 23.2 Å². The average molecular weight is 348 g/mol. The molecule has 0 aliphatic rings. The Hall–Kier alpha value is -3.28. The van der Waals surface area contributed by atoms with Crippen LogP contribution in [0.5, 0.6) is 0 Å². The highest BCUT2D eigenvalue weighted by Crippen LogP contribution is 2.20. The first-order valence-electron chi connectivity index (χ1n) is 8.29. The second-order valence-corrected chi connectivity index (χ2v) is 6.28. The maximum Gasteiger partial charge on any atom is 0.264 e. The van der Waals surface area contributed by atoms with Crippen LogP contribution in [0.1, 0.15) is 16.7 Å². The lowest BCUT2D eigenvalue weighted by Crippen LogP contribution is -2.21. The summed E-state index contributed by atoms with van der Waals surface area (Å²) in [5, 5.41) is 4.77. The molecule has 2 aromatic heterocycles. The number of benzene rings is 2. The van der Waals surface area contributed by atoms with Crippen molar-refractivity contribution in [3.8, 4) is 5.69 Å². The lowest BCUT2D eigenvalue weighted by Gasteiger charge is -2.10. The maximum absolute atomic E-state index is 13.9. The minimum absolute atomic E-state index is 0.128. The molecule has 0 aliphatic carbocycles. The van der Waals surface area contributed by atoms with Crippen molar-refractivity contribution in [2.75, 3.05) is 0 Å². The molecule has 0 saturated heterocycles. The Kier molecular flexibility index (Phi) is 3.88. The molecular weight excluding hydrogens is 331 g/mol. The maximum atomic E-state index is 13.9. The summed E-state index contributed by atoms with van der Waals surface area (Å²) in [5.74, 6) is -0.342. The van der Waals surface area contributed by atoms with Crippen LogP contribution in [0.2, 0.25) is 0 Å². The third-order valence-electron chi connectivity index (χ3n) is 4.66. The zero-order valence-electron chi connectivity index (χ0n) is 14.5. The molecule has 26 heavy (non-hydrogen) atoms. The normalized spacial score (nSPS) is 11.2. The summed E-state index contributed by atoms with van der Waals surface area (Å²) in [5.41, 5.74) is 3.80. The van der Waals surface area contributed by atoms with Crippen LogP contribution in [0.15, 0.2) is 59.8 Å². The Labute approximate surface area is 149 Å². The molecule has 0 amide bonds. The standard InChI is InChI=1S/C20H17FN4O/c1-13-6-5-9-18(14(13)2)25-19-16(10-23-25)20(26)24(12-22-19)11-15-7-3-4-8-17(15)21/h3-10,12H,11H2,1-2H3. The van der Waals surface area contributed by atoms with Gasteiger partial charge in [0, 0.05) is 5.56 Å². The van der Waals surface area contributed by atoms with Crippen molar-refractivity contribution < 1.29 is 4.39 Å². The second kappa shape index (κ2) is 6.22. The molecule has 6 heteroatoms. The Balaban J connectivity index is 1.82. The summed E-state index contributed by atoms with van der Waals surface area (Å²) in [4.78, 5) is 17.2. The number of halogens is 1. The molecule has 0 saturated carbocycles. The molecule has 0 N–H and O–H groups in total. The summed E-state index contributed by atoms with van der Waals surface area (Å²) < 4.78 is 16.9. The van der Waals surface area contributed by atoms with E-state index in [1.807, 2.05) is 32.0 Å². The summed E-state index contributed by atoms with van der Waals surface area (Å²) >= 11 is 0. The predicted octanol–water partition coefficient (Wildman–Crippen LogP) is 3.39. The van der Waals surface area contributed by atoms with Crippen LogP contribution in [-0.4, -0.2) is 19.3 Å². The zero-order chi connectivity index (χ0) is 18.3. The smallest absolute Gasteiger partial charge is 0.264 e. The monoisotopic (exact) mass is 348 g/mol. The van der Waals surface area contributed by atoms with Crippen molar-refractivity contribution in [1.82, 2.24) is 19.3 Å². The van der Waals surface area contributed by atoms with E-state index in [9.17, 15) is 9.18 Å².